The van der Waals surface area contributed by atoms with Gasteiger partial charge in [0.1, 0.15) is 11.5 Å². The van der Waals surface area contributed by atoms with Crippen LogP contribution in [-0.4, -0.2) is 23.7 Å². The Morgan fingerprint density at radius 1 is 1.60 bits per heavy atom. The molecule has 0 spiro atoms. The van der Waals surface area contributed by atoms with E-state index in [0.29, 0.717) is 17.7 Å². The van der Waals surface area contributed by atoms with Crippen LogP contribution in [0.15, 0.2) is 10.5 Å². The zero-order valence-electron chi connectivity index (χ0n) is 9.33. The number of aryl methyl sites for hydroxylation is 2. The van der Waals surface area contributed by atoms with E-state index in [2.05, 4.69) is 5.32 Å². The highest BCUT2D eigenvalue weighted by Crippen LogP contribution is 2.13. The van der Waals surface area contributed by atoms with Gasteiger partial charge >= 0.3 is 0 Å². The van der Waals surface area contributed by atoms with Crippen molar-refractivity contribution in [2.75, 3.05) is 6.61 Å². The van der Waals surface area contributed by atoms with Crippen LogP contribution >= 0.6 is 0 Å². The fourth-order valence-corrected chi connectivity index (χ4v) is 1.40. The highest BCUT2D eigenvalue weighted by molar-refractivity contribution is 5.95. The quantitative estimate of drug-likeness (QED) is 0.791. The van der Waals surface area contributed by atoms with E-state index in [1.807, 2.05) is 6.92 Å². The van der Waals surface area contributed by atoms with Crippen LogP contribution in [0.3, 0.4) is 0 Å². The maximum Gasteiger partial charge on any atom is 0.255 e. The molecule has 0 aliphatic rings. The molecule has 4 heteroatoms. The van der Waals surface area contributed by atoms with Gasteiger partial charge < -0.3 is 14.8 Å². The van der Waals surface area contributed by atoms with Gasteiger partial charge in [0, 0.05) is 0 Å². The first-order chi connectivity index (χ1) is 7.08. The molecule has 1 atom stereocenters. The molecule has 0 fully saturated rings. The van der Waals surface area contributed by atoms with E-state index in [1.54, 1.807) is 19.9 Å². The predicted octanol–water partition coefficient (Wildman–Crippen LogP) is 1.40. The molecular formula is C11H17NO3. The maximum atomic E-state index is 11.7. The summed E-state index contributed by atoms with van der Waals surface area (Å²) in [6, 6.07) is 1.52. The van der Waals surface area contributed by atoms with Crippen LogP contribution in [-0.2, 0) is 0 Å². The molecule has 0 bridgehead atoms. The molecule has 1 heterocycles. The van der Waals surface area contributed by atoms with Crippen molar-refractivity contribution in [3.63, 3.8) is 0 Å². The molecular weight excluding hydrogens is 194 g/mol. The first-order valence-electron chi connectivity index (χ1n) is 5.07. The molecule has 0 radical (unpaired) electrons. The summed E-state index contributed by atoms with van der Waals surface area (Å²) in [4.78, 5) is 11.7. The van der Waals surface area contributed by atoms with E-state index in [9.17, 15) is 4.79 Å². The Kier molecular flexibility index (Phi) is 3.91. The smallest absolute Gasteiger partial charge is 0.255 e. The van der Waals surface area contributed by atoms with Gasteiger partial charge in [0.25, 0.3) is 5.91 Å². The number of amides is 1. The van der Waals surface area contributed by atoms with Gasteiger partial charge in [0.2, 0.25) is 0 Å². The largest absolute Gasteiger partial charge is 0.466 e. The summed E-state index contributed by atoms with van der Waals surface area (Å²) in [5.41, 5.74) is 0.541. The highest BCUT2D eigenvalue weighted by atomic mass is 16.3. The lowest BCUT2D eigenvalue weighted by atomic mass is 10.2. The van der Waals surface area contributed by atoms with Gasteiger partial charge in [-0.2, -0.15) is 0 Å². The Morgan fingerprint density at radius 2 is 2.27 bits per heavy atom. The minimum absolute atomic E-state index is 0.0435. The number of furan rings is 1. The summed E-state index contributed by atoms with van der Waals surface area (Å²) in [5.74, 6) is 1.14. The zero-order valence-corrected chi connectivity index (χ0v) is 9.33. The lowest BCUT2D eigenvalue weighted by Gasteiger charge is -2.13. The molecule has 84 valence electrons. The Bertz CT molecular complexity index is 340. The minimum Gasteiger partial charge on any atom is -0.466 e. The first-order valence-corrected chi connectivity index (χ1v) is 5.07. The highest BCUT2D eigenvalue weighted by Gasteiger charge is 2.16. The molecule has 0 saturated carbocycles. The second-order valence-electron chi connectivity index (χ2n) is 3.59. The van der Waals surface area contributed by atoms with Crippen LogP contribution in [0, 0.1) is 13.8 Å². The van der Waals surface area contributed by atoms with Crippen molar-refractivity contribution in [3.05, 3.63) is 23.2 Å². The summed E-state index contributed by atoms with van der Waals surface area (Å²) in [5, 5.41) is 11.7. The summed E-state index contributed by atoms with van der Waals surface area (Å²) < 4.78 is 5.26. The molecule has 0 aliphatic heterocycles. The number of aliphatic hydroxyl groups is 1. The fraction of sp³-hybridized carbons (Fsp3) is 0.545. The number of hydrogen-bond acceptors (Lipinski definition) is 3. The fourth-order valence-electron chi connectivity index (χ4n) is 1.40. The molecule has 4 nitrogen and oxygen atoms in total. The molecule has 15 heavy (non-hydrogen) atoms. The van der Waals surface area contributed by atoms with E-state index in [4.69, 9.17) is 9.52 Å². The van der Waals surface area contributed by atoms with Crippen LogP contribution in [0.2, 0.25) is 0 Å². The van der Waals surface area contributed by atoms with Gasteiger partial charge in [-0.25, -0.2) is 0 Å². The summed E-state index contributed by atoms with van der Waals surface area (Å²) >= 11 is 0. The number of nitrogens with one attached hydrogen (secondary N) is 1. The summed E-state index contributed by atoms with van der Waals surface area (Å²) in [7, 11) is 0. The number of carbonyl (C=O) groups is 1. The van der Waals surface area contributed by atoms with Gasteiger partial charge in [0.15, 0.2) is 0 Å². The summed E-state index contributed by atoms with van der Waals surface area (Å²) in [6.45, 7) is 5.42. The topological polar surface area (TPSA) is 62.5 Å². The second kappa shape index (κ2) is 4.98. The van der Waals surface area contributed by atoms with Crippen molar-refractivity contribution >= 4 is 5.91 Å². The van der Waals surface area contributed by atoms with Crippen LogP contribution in [0.5, 0.6) is 0 Å². The van der Waals surface area contributed by atoms with Crippen LogP contribution in [0.1, 0.15) is 35.2 Å². The molecule has 1 aromatic rings. The average Bonchev–Trinajstić information content (AvgIpc) is 2.54. The third kappa shape index (κ3) is 2.83. The lowest BCUT2D eigenvalue weighted by Crippen LogP contribution is -2.37. The SMILES string of the molecule is CC[C@H](CO)NC(=O)c1cc(C)oc1C. The molecule has 0 saturated heterocycles. The van der Waals surface area contributed by atoms with Crippen LogP contribution < -0.4 is 5.32 Å². The number of hydrogen-bond donors (Lipinski definition) is 2. The minimum atomic E-state index is -0.190. The molecule has 1 aromatic heterocycles. The standard InChI is InChI=1S/C11H17NO3/c1-4-9(6-13)12-11(14)10-5-7(2)15-8(10)3/h5,9,13H,4,6H2,1-3H3,(H,12,14)/t9-/m1/s1. The summed E-state index contributed by atoms with van der Waals surface area (Å²) in [6.07, 6.45) is 0.706. The first kappa shape index (κ1) is 11.8. The molecule has 0 aliphatic carbocycles. The lowest BCUT2D eigenvalue weighted by molar-refractivity contribution is 0.0913. The normalized spacial score (nSPS) is 12.5. The Balaban J connectivity index is 2.72. The molecule has 0 unspecified atom stereocenters. The molecule has 0 aromatic carbocycles. The van der Waals surface area contributed by atoms with Gasteiger partial charge in [-0.1, -0.05) is 6.92 Å². The Labute approximate surface area is 89.3 Å². The Hall–Kier alpha value is -1.29. The Morgan fingerprint density at radius 3 is 2.67 bits per heavy atom. The van der Waals surface area contributed by atoms with Crippen molar-refractivity contribution in [2.24, 2.45) is 0 Å². The monoisotopic (exact) mass is 211 g/mol. The van der Waals surface area contributed by atoms with Gasteiger partial charge in [-0.3, -0.25) is 4.79 Å². The van der Waals surface area contributed by atoms with E-state index in [-0.39, 0.29) is 18.6 Å². The number of carbonyl (C=O) groups excluding carboxylic acids is 1. The number of aliphatic hydroxyl groups excluding tert-OH is 1. The third-order valence-electron chi connectivity index (χ3n) is 2.33. The van der Waals surface area contributed by atoms with E-state index in [0.717, 1.165) is 5.76 Å². The van der Waals surface area contributed by atoms with E-state index >= 15 is 0 Å². The average molecular weight is 211 g/mol. The molecule has 2 N–H and O–H groups in total. The van der Waals surface area contributed by atoms with Crippen LogP contribution in [0.25, 0.3) is 0 Å². The van der Waals surface area contributed by atoms with E-state index < -0.39 is 0 Å². The van der Waals surface area contributed by atoms with Gasteiger partial charge in [0.05, 0.1) is 18.2 Å². The van der Waals surface area contributed by atoms with Crippen molar-refractivity contribution in [1.82, 2.24) is 5.32 Å². The van der Waals surface area contributed by atoms with Crippen LogP contribution in [0.4, 0.5) is 0 Å². The van der Waals surface area contributed by atoms with Crippen molar-refractivity contribution in [1.29, 1.82) is 0 Å². The predicted molar refractivity (Wildman–Crippen MR) is 56.8 cm³/mol. The zero-order chi connectivity index (χ0) is 11.4. The van der Waals surface area contributed by atoms with E-state index in [1.165, 1.54) is 0 Å². The van der Waals surface area contributed by atoms with Gasteiger partial charge in [-0.05, 0) is 26.3 Å². The third-order valence-corrected chi connectivity index (χ3v) is 2.33. The number of rotatable bonds is 4. The van der Waals surface area contributed by atoms with Crippen molar-refractivity contribution < 1.29 is 14.3 Å². The molecule has 1 rings (SSSR count). The van der Waals surface area contributed by atoms with Crippen molar-refractivity contribution in [3.8, 4) is 0 Å². The molecule has 1 amide bonds. The second-order valence-corrected chi connectivity index (χ2v) is 3.59. The maximum absolute atomic E-state index is 11.7. The van der Waals surface area contributed by atoms with Crippen molar-refractivity contribution in [2.45, 2.75) is 33.2 Å². The van der Waals surface area contributed by atoms with Gasteiger partial charge in [-0.15, -0.1) is 0 Å².